The SMILES string of the molecule is COC(=O)c1ccc(-c2ccc([C@@H]3[C@H](c4ccccn4)NC(=S)N3CCCO)o2)cc1. The van der Waals surface area contributed by atoms with Crippen LogP contribution in [0.4, 0.5) is 0 Å². The first-order chi connectivity index (χ1) is 15.1. The molecule has 7 nitrogen and oxygen atoms in total. The number of ether oxygens (including phenoxy) is 1. The van der Waals surface area contributed by atoms with Crippen molar-refractivity contribution in [1.82, 2.24) is 15.2 Å². The molecule has 3 heterocycles. The first kappa shape index (κ1) is 21.0. The lowest BCUT2D eigenvalue weighted by Crippen LogP contribution is -2.30. The molecule has 0 bridgehead atoms. The van der Waals surface area contributed by atoms with Gasteiger partial charge in [0.2, 0.25) is 0 Å². The Morgan fingerprint density at radius 2 is 2.03 bits per heavy atom. The molecule has 31 heavy (non-hydrogen) atoms. The standard InChI is InChI=1S/C23H23N3O4S/c1-29-22(28)16-8-6-15(7-9-16)18-10-11-19(30-18)21-20(17-5-2-3-12-24-17)25-23(31)26(21)13-4-14-27/h2-3,5-12,20-21,27H,4,13-14H2,1H3,(H,25,31)/t20-,21+/m0/s1. The molecule has 8 heteroatoms. The Morgan fingerprint density at radius 1 is 1.23 bits per heavy atom. The summed E-state index contributed by atoms with van der Waals surface area (Å²) in [7, 11) is 1.36. The van der Waals surface area contributed by atoms with Crippen molar-refractivity contribution in [2.24, 2.45) is 0 Å². The number of thiocarbonyl (C=S) groups is 1. The van der Waals surface area contributed by atoms with Gasteiger partial charge in [0.05, 0.1) is 24.4 Å². The second kappa shape index (κ2) is 9.28. The number of aromatic nitrogens is 1. The molecule has 1 aliphatic heterocycles. The van der Waals surface area contributed by atoms with Crippen LogP contribution in [0.1, 0.15) is 40.3 Å². The molecule has 0 saturated carbocycles. The predicted molar refractivity (Wildman–Crippen MR) is 119 cm³/mol. The van der Waals surface area contributed by atoms with Gasteiger partial charge in [-0.2, -0.15) is 0 Å². The third kappa shape index (κ3) is 4.30. The fraction of sp³-hybridized carbons (Fsp3) is 0.261. The zero-order chi connectivity index (χ0) is 21.8. The maximum atomic E-state index is 11.7. The first-order valence-corrected chi connectivity index (χ1v) is 10.4. The zero-order valence-corrected chi connectivity index (χ0v) is 17.8. The van der Waals surface area contributed by atoms with Crippen molar-refractivity contribution in [2.45, 2.75) is 18.5 Å². The van der Waals surface area contributed by atoms with Gasteiger partial charge in [-0.1, -0.05) is 18.2 Å². The molecule has 0 aliphatic carbocycles. The Balaban J connectivity index is 1.65. The van der Waals surface area contributed by atoms with Crippen LogP contribution in [0.25, 0.3) is 11.3 Å². The summed E-state index contributed by atoms with van der Waals surface area (Å²) < 4.78 is 11.0. The molecule has 0 amide bonds. The number of pyridine rings is 1. The van der Waals surface area contributed by atoms with Gasteiger partial charge in [-0.3, -0.25) is 4.98 Å². The van der Waals surface area contributed by atoms with Gasteiger partial charge in [-0.25, -0.2) is 4.79 Å². The monoisotopic (exact) mass is 437 g/mol. The van der Waals surface area contributed by atoms with Crippen molar-refractivity contribution >= 4 is 23.3 Å². The Kier molecular flexibility index (Phi) is 6.29. The number of carbonyl (C=O) groups excluding carboxylic acids is 1. The molecule has 160 valence electrons. The number of carbonyl (C=O) groups is 1. The van der Waals surface area contributed by atoms with E-state index in [-0.39, 0.29) is 24.7 Å². The quantitative estimate of drug-likeness (QED) is 0.429. The van der Waals surface area contributed by atoms with Crippen molar-refractivity contribution in [2.75, 3.05) is 20.3 Å². The van der Waals surface area contributed by atoms with Crippen molar-refractivity contribution in [3.05, 3.63) is 77.8 Å². The number of esters is 1. The van der Waals surface area contributed by atoms with Crippen LogP contribution < -0.4 is 5.32 Å². The summed E-state index contributed by atoms with van der Waals surface area (Å²) in [6, 6.07) is 16.3. The second-order valence-corrected chi connectivity index (χ2v) is 7.55. The number of benzene rings is 1. The van der Waals surface area contributed by atoms with E-state index in [1.165, 1.54) is 7.11 Å². The average molecular weight is 438 g/mol. The highest BCUT2D eigenvalue weighted by atomic mass is 32.1. The molecule has 0 radical (unpaired) electrons. The molecular weight excluding hydrogens is 414 g/mol. The van der Waals surface area contributed by atoms with Crippen LogP contribution in [0.2, 0.25) is 0 Å². The summed E-state index contributed by atoms with van der Waals surface area (Å²) in [4.78, 5) is 18.2. The minimum Gasteiger partial charge on any atom is -0.465 e. The molecule has 1 fully saturated rings. The normalized spacial score (nSPS) is 18.1. The zero-order valence-electron chi connectivity index (χ0n) is 17.0. The molecule has 2 N–H and O–H groups in total. The van der Waals surface area contributed by atoms with Crippen molar-refractivity contribution in [3.8, 4) is 11.3 Å². The molecule has 4 rings (SSSR count). The summed E-state index contributed by atoms with van der Waals surface area (Å²) in [5, 5.41) is 13.3. The lowest BCUT2D eigenvalue weighted by Gasteiger charge is -2.25. The number of aliphatic hydroxyl groups is 1. The van der Waals surface area contributed by atoms with Gasteiger partial charge in [0.15, 0.2) is 5.11 Å². The van der Waals surface area contributed by atoms with E-state index in [0.29, 0.717) is 29.4 Å². The van der Waals surface area contributed by atoms with E-state index in [1.54, 1.807) is 18.3 Å². The van der Waals surface area contributed by atoms with Crippen LogP contribution in [0, 0.1) is 0 Å². The number of furan rings is 1. The number of aliphatic hydroxyl groups excluding tert-OH is 1. The molecular formula is C23H23N3O4S. The fourth-order valence-corrected chi connectivity index (χ4v) is 4.08. The summed E-state index contributed by atoms with van der Waals surface area (Å²) in [6.45, 7) is 0.677. The van der Waals surface area contributed by atoms with Gasteiger partial charge in [-0.15, -0.1) is 0 Å². The van der Waals surface area contributed by atoms with Gasteiger partial charge in [0.1, 0.15) is 17.6 Å². The minimum atomic E-state index is -0.380. The number of nitrogens with zero attached hydrogens (tertiary/aromatic N) is 2. The highest BCUT2D eigenvalue weighted by Gasteiger charge is 2.41. The molecule has 2 atom stereocenters. The highest BCUT2D eigenvalue weighted by molar-refractivity contribution is 7.80. The number of rotatable bonds is 7. The fourth-order valence-electron chi connectivity index (χ4n) is 3.75. The largest absolute Gasteiger partial charge is 0.465 e. The van der Waals surface area contributed by atoms with E-state index < -0.39 is 0 Å². The van der Waals surface area contributed by atoms with Crippen LogP contribution in [0.3, 0.4) is 0 Å². The van der Waals surface area contributed by atoms with Crippen molar-refractivity contribution in [1.29, 1.82) is 0 Å². The van der Waals surface area contributed by atoms with E-state index in [1.807, 2.05) is 47.4 Å². The van der Waals surface area contributed by atoms with Gasteiger partial charge in [-0.05, 0) is 55.0 Å². The van der Waals surface area contributed by atoms with E-state index in [0.717, 1.165) is 17.0 Å². The van der Waals surface area contributed by atoms with Crippen molar-refractivity contribution < 1.29 is 19.1 Å². The summed E-state index contributed by atoms with van der Waals surface area (Å²) in [5.74, 6) is 1.05. The van der Waals surface area contributed by atoms with Crippen LogP contribution in [0.15, 0.2) is 65.2 Å². The molecule has 1 aromatic carbocycles. The van der Waals surface area contributed by atoms with Gasteiger partial charge >= 0.3 is 5.97 Å². The highest BCUT2D eigenvalue weighted by Crippen LogP contribution is 2.40. The van der Waals surface area contributed by atoms with Crippen LogP contribution >= 0.6 is 12.2 Å². The van der Waals surface area contributed by atoms with E-state index in [2.05, 4.69) is 10.3 Å². The minimum absolute atomic E-state index is 0.0794. The van der Waals surface area contributed by atoms with Gasteiger partial charge < -0.3 is 24.5 Å². The Hall–Kier alpha value is -3.23. The molecule has 0 unspecified atom stereocenters. The summed E-state index contributed by atoms with van der Waals surface area (Å²) in [5.41, 5.74) is 2.19. The van der Waals surface area contributed by atoms with Gasteiger partial charge in [0, 0.05) is 24.9 Å². The third-order valence-corrected chi connectivity index (χ3v) is 5.62. The van der Waals surface area contributed by atoms with E-state index in [9.17, 15) is 9.90 Å². The van der Waals surface area contributed by atoms with Crippen LogP contribution in [-0.4, -0.2) is 46.3 Å². The lowest BCUT2D eigenvalue weighted by molar-refractivity contribution is 0.0600. The summed E-state index contributed by atoms with van der Waals surface area (Å²) in [6.07, 6.45) is 2.35. The maximum absolute atomic E-state index is 11.7. The number of hydrogen-bond acceptors (Lipinski definition) is 6. The maximum Gasteiger partial charge on any atom is 0.337 e. The van der Waals surface area contributed by atoms with E-state index in [4.69, 9.17) is 21.4 Å². The third-order valence-electron chi connectivity index (χ3n) is 5.26. The molecule has 1 aliphatic rings. The first-order valence-electron chi connectivity index (χ1n) is 10.00. The Morgan fingerprint density at radius 3 is 2.71 bits per heavy atom. The number of hydrogen-bond donors (Lipinski definition) is 2. The van der Waals surface area contributed by atoms with E-state index >= 15 is 0 Å². The smallest absolute Gasteiger partial charge is 0.337 e. The molecule has 0 spiro atoms. The summed E-state index contributed by atoms with van der Waals surface area (Å²) >= 11 is 5.58. The molecule has 1 saturated heterocycles. The van der Waals surface area contributed by atoms with Crippen molar-refractivity contribution in [3.63, 3.8) is 0 Å². The number of methoxy groups -OCH3 is 1. The average Bonchev–Trinajstić information content (AvgIpc) is 3.42. The topological polar surface area (TPSA) is 87.8 Å². The Labute approximate surface area is 185 Å². The number of nitrogens with one attached hydrogen (secondary N) is 1. The lowest BCUT2D eigenvalue weighted by atomic mass is 10.0. The van der Waals surface area contributed by atoms with Crippen LogP contribution in [-0.2, 0) is 4.74 Å². The second-order valence-electron chi connectivity index (χ2n) is 7.17. The van der Waals surface area contributed by atoms with Crippen LogP contribution in [0.5, 0.6) is 0 Å². The Bertz CT molecular complexity index is 1050. The molecule has 2 aromatic heterocycles. The van der Waals surface area contributed by atoms with Gasteiger partial charge in [0.25, 0.3) is 0 Å². The predicted octanol–water partition coefficient (Wildman–Crippen LogP) is 3.48. The molecule has 3 aromatic rings.